The van der Waals surface area contributed by atoms with E-state index in [9.17, 15) is 14.0 Å². The van der Waals surface area contributed by atoms with E-state index in [4.69, 9.17) is 4.74 Å². The number of nitrogens with one attached hydrogen (secondary N) is 2. The van der Waals surface area contributed by atoms with Crippen molar-refractivity contribution in [3.63, 3.8) is 0 Å². The molecule has 4 rings (SSSR count). The van der Waals surface area contributed by atoms with Crippen LogP contribution in [0.15, 0.2) is 60.8 Å². The van der Waals surface area contributed by atoms with Crippen molar-refractivity contribution in [3.05, 3.63) is 89.0 Å². The summed E-state index contributed by atoms with van der Waals surface area (Å²) >= 11 is 0. The van der Waals surface area contributed by atoms with Gasteiger partial charge in [-0.05, 0) is 66.8 Å². The van der Waals surface area contributed by atoms with E-state index in [1.54, 1.807) is 25.2 Å². The molecule has 0 spiro atoms. The van der Waals surface area contributed by atoms with E-state index in [1.165, 1.54) is 30.0 Å². The topological polar surface area (TPSA) is 80.3 Å². The van der Waals surface area contributed by atoms with E-state index >= 15 is 0 Å². The zero-order valence-corrected chi connectivity index (χ0v) is 17.0. The minimum absolute atomic E-state index is 0.0423. The van der Waals surface area contributed by atoms with Gasteiger partial charge in [0.15, 0.2) is 0 Å². The molecule has 1 aromatic heterocycles. The number of aryl methyl sites for hydroxylation is 1. The average molecular weight is 419 g/mol. The summed E-state index contributed by atoms with van der Waals surface area (Å²) in [7, 11) is 1.55. The monoisotopic (exact) mass is 419 g/mol. The van der Waals surface area contributed by atoms with Gasteiger partial charge in [-0.1, -0.05) is 12.1 Å². The Morgan fingerprint density at radius 2 is 1.87 bits per heavy atom. The minimum atomic E-state index is -0.431. The van der Waals surface area contributed by atoms with Crippen LogP contribution in [0, 0.1) is 5.82 Å². The highest BCUT2D eigenvalue weighted by Gasteiger charge is 2.21. The van der Waals surface area contributed by atoms with Crippen LogP contribution in [0.4, 0.5) is 4.39 Å². The molecule has 0 radical (unpaired) electrons. The molecule has 0 aliphatic heterocycles. The highest BCUT2D eigenvalue weighted by molar-refractivity contribution is 5.94. The van der Waals surface area contributed by atoms with Gasteiger partial charge in [-0.25, -0.2) is 4.39 Å². The number of nitrogens with zero attached hydrogens (tertiary/aromatic N) is 1. The second-order valence-corrected chi connectivity index (χ2v) is 7.41. The molecule has 0 saturated carbocycles. The largest absolute Gasteiger partial charge is 0.457 e. The number of carbonyl (C=O) groups is 2. The Morgan fingerprint density at radius 3 is 2.68 bits per heavy atom. The molecule has 0 saturated heterocycles. The maximum absolute atomic E-state index is 13.4. The van der Waals surface area contributed by atoms with Crippen molar-refractivity contribution in [3.8, 4) is 11.5 Å². The molecular weight excluding hydrogens is 397 g/mol. The molecule has 158 valence electrons. The number of amides is 2. The van der Waals surface area contributed by atoms with Crippen molar-refractivity contribution in [1.29, 1.82) is 0 Å². The van der Waals surface area contributed by atoms with Crippen LogP contribution in [0.5, 0.6) is 11.5 Å². The summed E-state index contributed by atoms with van der Waals surface area (Å²) in [5.41, 5.74) is 2.89. The summed E-state index contributed by atoms with van der Waals surface area (Å²) in [6.07, 6.45) is 3.83. The molecule has 1 heterocycles. The van der Waals surface area contributed by atoms with Gasteiger partial charge in [0.2, 0.25) is 0 Å². The average Bonchev–Trinajstić information content (AvgIpc) is 2.78. The Balaban J connectivity index is 1.45. The lowest BCUT2D eigenvalue weighted by Gasteiger charge is -2.26. The summed E-state index contributed by atoms with van der Waals surface area (Å²) in [5, 5.41) is 5.54. The van der Waals surface area contributed by atoms with Gasteiger partial charge < -0.3 is 15.4 Å². The van der Waals surface area contributed by atoms with E-state index in [0.717, 1.165) is 18.4 Å². The smallest absolute Gasteiger partial charge is 0.269 e. The Morgan fingerprint density at radius 1 is 1.03 bits per heavy atom. The lowest BCUT2D eigenvalue weighted by molar-refractivity contribution is 0.0930. The van der Waals surface area contributed by atoms with Gasteiger partial charge in [-0.3, -0.25) is 14.6 Å². The zero-order valence-electron chi connectivity index (χ0n) is 17.0. The number of halogens is 1. The minimum Gasteiger partial charge on any atom is -0.457 e. The van der Waals surface area contributed by atoms with E-state index in [-0.39, 0.29) is 23.6 Å². The first-order chi connectivity index (χ1) is 15.0. The van der Waals surface area contributed by atoms with Crippen molar-refractivity contribution in [2.24, 2.45) is 0 Å². The van der Waals surface area contributed by atoms with Crippen LogP contribution >= 0.6 is 0 Å². The van der Waals surface area contributed by atoms with Crippen LogP contribution in [0.25, 0.3) is 0 Å². The zero-order chi connectivity index (χ0) is 21.8. The molecule has 2 aromatic carbocycles. The standard InChI is InChI=1S/C24H22FN3O3/c1-26-24(30)22-14-21(9-10-27-22)31-20-8-6-15-5-7-19(12-17(15)13-20)28-23(29)16-3-2-4-18(25)11-16/h2-4,6,8-11,13-14,19H,5,7,12H2,1H3,(H,26,30)(H,28,29). The maximum atomic E-state index is 13.4. The van der Waals surface area contributed by atoms with Crippen molar-refractivity contribution >= 4 is 11.8 Å². The SMILES string of the molecule is CNC(=O)c1cc(Oc2ccc3c(c2)CC(NC(=O)c2cccc(F)c2)CC3)ccn1. The number of fused-ring (bicyclic) bond motifs is 1. The van der Waals surface area contributed by atoms with Gasteiger partial charge >= 0.3 is 0 Å². The molecule has 2 N–H and O–H groups in total. The second-order valence-electron chi connectivity index (χ2n) is 7.41. The van der Waals surface area contributed by atoms with Crippen LogP contribution in [0.1, 0.15) is 38.4 Å². The molecule has 0 bridgehead atoms. The van der Waals surface area contributed by atoms with Crippen LogP contribution < -0.4 is 15.4 Å². The molecule has 6 nitrogen and oxygen atoms in total. The predicted molar refractivity (Wildman–Crippen MR) is 114 cm³/mol. The predicted octanol–water partition coefficient (Wildman–Crippen LogP) is 3.66. The molecular formula is C24H22FN3O3. The summed E-state index contributed by atoms with van der Waals surface area (Å²) in [4.78, 5) is 28.3. The molecule has 1 aliphatic rings. The normalized spacial score (nSPS) is 15.0. The third kappa shape index (κ3) is 4.88. The fourth-order valence-electron chi connectivity index (χ4n) is 3.68. The van der Waals surface area contributed by atoms with Crippen LogP contribution in [0.3, 0.4) is 0 Å². The van der Waals surface area contributed by atoms with Crippen molar-refractivity contribution < 1.29 is 18.7 Å². The van der Waals surface area contributed by atoms with Crippen molar-refractivity contribution in [2.45, 2.75) is 25.3 Å². The number of benzene rings is 2. The molecule has 7 heteroatoms. The lowest BCUT2D eigenvalue weighted by atomic mass is 9.88. The fourth-order valence-corrected chi connectivity index (χ4v) is 3.68. The number of aromatic nitrogens is 1. The van der Waals surface area contributed by atoms with E-state index in [1.807, 2.05) is 18.2 Å². The molecule has 2 amide bonds. The Bertz CT molecular complexity index is 1130. The van der Waals surface area contributed by atoms with Gasteiger partial charge in [-0.2, -0.15) is 0 Å². The number of pyridine rings is 1. The van der Waals surface area contributed by atoms with E-state index in [0.29, 0.717) is 23.5 Å². The Labute approximate surface area is 179 Å². The summed E-state index contributed by atoms with van der Waals surface area (Å²) in [5.74, 6) is 0.163. The van der Waals surface area contributed by atoms with Gasteiger partial charge in [-0.15, -0.1) is 0 Å². The summed E-state index contributed by atoms with van der Waals surface area (Å²) in [6, 6.07) is 14.8. The first-order valence-corrected chi connectivity index (χ1v) is 10.1. The summed E-state index contributed by atoms with van der Waals surface area (Å²) in [6.45, 7) is 0. The van der Waals surface area contributed by atoms with Crippen LogP contribution in [-0.2, 0) is 12.8 Å². The Hall–Kier alpha value is -3.74. The highest BCUT2D eigenvalue weighted by Crippen LogP contribution is 2.29. The van der Waals surface area contributed by atoms with Crippen LogP contribution in [0.2, 0.25) is 0 Å². The van der Waals surface area contributed by atoms with E-state index in [2.05, 4.69) is 15.6 Å². The molecule has 1 unspecified atom stereocenters. The summed E-state index contributed by atoms with van der Waals surface area (Å²) < 4.78 is 19.3. The van der Waals surface area contributed by atoms with Gasteiger partial charge in [0.25, 0.3) is 11.8 Å². The number of carbonyl (C=O) groups excluding carboxylic acids is 2. The van der Waals surface area contributed by atoms with Crippen LogP contribution in [-0.4, -0.2) is 29.9 Å². The van der Waals surface area contributed by atoms with E-state index < -0.39 is 5.82 Å². The molecule has 3 aromatic rings. The highest BCUT2D eigenvalue weighted by atomic mass is 19.1. The third-order valence-electron chi connectivity index (χ3n) is 5.26. The second kappa shape index (κ2) is 8.95. The third-order valence-corrected chi connectivity index (χ3v) is 5.26. The van der Waals surface area contributed by atoms with Gasteiger partial charge in [0.1, 0.15) is 23.0 Å². The fraction of sp³-hybridized carbons (Fsp3) is 0.208. The molecule has 31 heavy (non-hydrogen) atoms. The molecule has 1 aliphatic carbocycles. The van der Waals surface area contributed by atoms with Gasteiger partial charge in [0.05, 0.1) is 0 Å². The number of rotatable bonds is 5. The van der Waals surface area contributed by atoms with Crippen molar-refractivity contribution in [1.82, 2.24) is 15.6 Å². The first-order valence-electron chi connectivity index (χ1n) is 10.1. The molecule has 0 fully saturated rings. The van der Waals surface area contributed by atoms with Crippen molar-refractivity contribution in [2.75, 3.05) is 7.05 Å². The number of hydrogen-bond donors (Lipinski definition) is 2. The van der Waals surface area contributed by atoms with Gasteiger partial charge in [0, 0.05) is 30.9 Å². The Kier molecular flexibility index (Phi) is 5.93. The lowest BCUT2D eigenvalue weighted by Crippen LogP contribution is -2.38. The quantitative estimate of drug-likeness (QED) is 0.662. The molecule has 1 atom stereocenters. The number of hydrogen-bond acceptors (Lipinski definition) is 4. The number of ether oxygens (including phenoxy) is 1. The maximum Gasteiger partial charge on any atom is 0.269 e. The first kappa shape index (κ1) is 20.5.